The monoisotopic (exact) mass is 330 g/mol. The van der Waals surface area contributed by atoms with Crippen molar-refractivity contribution in [3.05, 3.63) is 81.9 Å². The molecule has 0 N–H and O–H groups in total. The van der Waals surface area contributed by atoms with Crippen LogP contribution in [0.5, 0.6) is 0 Å². The molecule has 0 aromatic heterocycles. The van der Waals surface area contributed by atoms with Crippen LogP contribution >= 0.6 is 0 Å². The molecule has 118 valence electrons. The van der Waals surface area contributed by atoms with E-state index in [4.69, 9.17) is 0 Å². The fourth-order valence-corrected chi connectivity index (χ4v) is 4.24. The Kier molecular flexibility index (Phi) is 3.41. The lowest BCUT2D eigenvalue weighted by Gasteiger charge is -2.14. The van der Waals surface area contributed by atoms with Gasteiger partial charge in [0.15, 0.2) is 0 Å². The third-order valence-corrected chi connectivity index (χ3v) is 5.11. The molecule has 26 heavy (non-hydrogen) atoms. The van der Waals surface area contributed by atoms with Crippen molar-refractivity contribution in [1.82, 2.24) is 0 Å². The fraction of sp³-hybridized carbons (Fsp3) is 0.0909. The van der Waals surface area contributed by atoms with E-state index in [1.165, 1.54) is 0 Å². The first-order valence-electron chi connectivity index (χ1n) is 8.04. The van der Waals surface area contributed by atoms with Crippen molar-refractivity contribution in [2.24, 2.45) is 0 Å². The smallest absolute Gasteiger partial charge is 0.134 e. The van der Waals surface area contributed by atoms with E-state index in [0.29, 0.717) is 11.1 Å². The second-order valence-corrected chi connectivity index (χ2v) is 6.15. The third-order valence-electron chi connectivity index (χ3n) is 5.11. The molecule has 4 rings (SSSR count). The van der Waals surface area contributed by atoms with Gasteiger partial charge in [0, 0.05) is 11.8 Å². The summed E-state index contributed by atoms with van der Waals surface area (Å²) in [5.41, 5.74) is 5.13. The van der Waals surface area contributed by atoms with Gasteiger partial charge in [0.05, 0.1) is 0 Å². The zero-order chi connectivity index (χ0) is 18.3. The first kappa shape index (κ1) is 15.4. The van der Waals surface area contributed by atoms with Crippen molar-refractivity contribution in [3.8, 4) is 24.3 Å². The Bertz CT molecular complexity index is 1060. The topological polar surface area (TPSA) is 95.2 Å². The van der Waals surface area contributed by atoms with E-state index in [1.807, 2.05) is 72.8 Å². The number of rotatable bonds is 0. The van der Waals surface area contributed by atoms with Gasteiger partial charge < -0.3 is 0 Å². The van der Waals surface area contributed by atoms with Crippen molar-refractivity contribution in [2.75, 3.05) is 0 Å². The molecule has 0 aliphatic heterocycles. The Labute approximate surface area is 150 Å². The predicted molar refractivity (Wildman–Crippen MR) is 94.7 cm³/mol. The van der Waals surface area contributed by atoms with Gasteiger partial charge >= 0.3 is 0 Å². The lowest BCUT2D eigenvalue weighted by molar-refractivity contribution is 0.846. The summed E-state index contributed by atoms with van der Waals surface area (Å²) in [6.45, 7) is 0. The molecule has 0 fully saturated rings. The van der Waals surface area contributed by atoms with Gasteiger partial charge in [-0.25, -0.2) is 0 Å². The van der Waals surface area contributed by atoms with Crippen LogP contribution in [0.3, 0.4) is 0 Å². The lowest BCUT2D eigenvalue weighted by atomic mass is 9.86. The second kappa shape index (κ2) is 5.75. The summed E-state index contributed by atoms with van der Waals surface area (Å²) < 4.78 is 0. The summed E-state index contributed by atoms with van der Waals surface area (Å²) >= 11 is 0. The molecule has 0 amide bonds. The largest absolute Gasteiger partial charge is 0.192 e. The minimum Gasteiger partial charge on any atom is -0.192 e. The van der Waals surface area contributed by atoms with Crippen LogP contribution in [0.1, 0.15) is 34.1 Å². The quantitative estimate of drug-likeness (QED) is 0.677. The lowest BCUT2D eigenvalue weighted by Crippen LogP contribution is -2.01. The molecule has 0 unspecified atom stereocenters. The Morgan fingerprint density at radius 3 is 1.27 bits per heavy atom. The summed E-state index contributed by atoms with van der Waals surface area (Å²) in [6.07, 6.45) is 0. The first-order chi connectivity index (χ1) is 12.8. The van der Waals surface area contributed by atoms with Crippen molar-refractivity contribution >= 4 is 11.1 Å². The molecule has 0 radical (unpaired) electrons. The Hall–Kier alpha value is -4.12. The first-order valence-corrected chi connectivity index (χ1v) is 8.04. The molecule has 0 saturated heterocycles. The van der Waals surface area contributed by atoms with Crippen molar-refractivity contribution < 1.29 is 0 Å². The van der Waals surface area contributed by atoms with Crippen molar-refractivity contribution in [2.45, 2.75) is 11.8 Å². The summed E-state index contributed by atoms with van der Waals surface area (Å²) in [5, 5.41) is 38.0. The van der Waals surface area contributed by atoms with Gasteiger partial charge in [-0.15, -0.1) is 0 Å². The van der Waals surface area contributed by atoms with E-state index in [1.54, 1.807) is 0 Å². The van der Waals surface area contributed by atoms with Gasteiger partial charge in [0.25, 0.3) is 0 Å². The van der Waals surface area contributed by atoms with E-state index in [-0.39, 0.29) is 23.0 Å². The SMILES string of the molecule is N#CC(C#N)=C1c2ccccc2[C@@H]2C(=C(C#N)C#N)c3ccccc3[C@@H]12. The fourth-order valence-electron chi connectivity index (χ4n) is 4.24. The minimum atomic E-state index is -0.232. The molecule has 2 aromatic carbocycles. The molecule has 2 aliphatic carbocycles. The van der Waals surface area contributed by atoms with E-state index >= 15 is 0 Å². The van der Waals surface area contributed by atoms with Crippen LogP contribution in [0.2, 0.25) is 0 Å². The zero-order valence-electron chi connectivity index (χ0n) is 13.6. The van der Waals surface area contributed by atoms with Crippen LogP contribution in [0.4, 0.5) is 0 Å². The van der Waals surface area contributed by atoms with Crippen LogP contribution in [-0.4, -0.2) is 0 Å². The number of fused-ring (bicyclic) bond motifs is 5. The number of benzene rings is 2. The number of allylic oxidation sites excluding steroid dienone is 4. The molecule has 2 atom stereocenters. The summed E-state index contributed by atoms with van der Waals surface area (Å²) in [6, 6.07) is 23.3. The Morgan fingerprint density at radius 1 is 0.577 bits per heavy atom. The zero-order valence-corrected chi connectivity index (χ0v) is 13.6. The van der Waals surface area contributed by atoms with Gasteiger partial charge in [0.2, 0.25) is 0 Å². The maximum absolute atomic E-state index is 9.50. The molecular formula is C22H10N4. The summed E-state index contributed by atoms with van der Waals surface area (Å²) in [5.74, 6) is -0.464. The maximum Gasteiger partial charge on any atom is 0.134 e. The van der Waals surface area contributed by atoms with Gasteiger partial charge in [-0.3, -0.25) is 0 Å². The number of hydrogen-bond acceptors (Lipinski definition) is 4. The second-order valence-electron chi connectivity index (χ2n) is 6.15. The van der Waals surface area contributed by atoms with E-state index in [9.17, 15) is 21.0 Å². The highest BCUT2D eigenvalue weighted by molar-refractivity contribution is 5.98. The molecule has 0 saturated carbocycles. The minimum absolute atomic E-state index is 0.0801. The average Bonchev–Trinajstić information content (AvgIpc) is 3.19. The van der Waals surface area contributed by atoms with E-state index in [2.05, 4.69) is 0 Å². The van der Waals surface area contributed by atoms with Crippen LogP contribution in [-0.2, 0) is 0 Å². The highest BCUT2D eigenvalue weighted by Crippen LogP contribution is 2.63. The average molecular weight is 330 g/mol. The number of nitriles is 4. The van der Waals surface area contributed by atoms with Gasteiger partial charge in [-0.2, -0.15) is 21.0 Å². The number of hydrogen-bond donors (Lipinski definition) is 0. The standard InChI is InChI=1S/C22H10N4/c23-9-13(10-24)19-15-5-1-3-7-17(15)21-20(14(11-25)12-26)16-6-2-4-8-18(16)22(19)21/h1-8,21-22H/t21-,22+. The van der Waals surface area contributed by atoms with Gasteiger partial charge in [-0.1, -0.05) is 48.5 Å². The van der Waals surface area contributed by atoms with Gasteiger partial charge in [-0.05, 0) is 33.4 Å². The summed E-state index contributed by atoms with van der Waals surface area (Å²) in [7, 11) is 0. The molecule has 0 spiro atoms. The number of nitrogens with zero attached hydrogens (tertiary/aromatic N) is 4. The van der Waals surface area contributed by atoms with E-state index in [0.717, 1.165) is 22.3 Å². The molecule has 2 aliphatic rings. The molecule has 4 nitrogen and oxygen atoms in total. The third kappa shape index (κ3) is 1.85. The van der Waals surface area contributed by atoms with Crippen LogP contribution in [0.25, 0.3) is 11.1 Å². The van der Waals surface area contributed by atoms with Crippen molar-refractivity contribution in [3.63, 3.8) is 0 Å². The molecule has 4 heteroatoms. The van der Waals surface area contributed by atoms with Crippen LogP contribution in [0.15, 0.2) is 59.7 Å². The normalized spacial score (nSPS) is 18.5. The Morgan fingerprint density at radius 2 is 0.923 bits per heavy atom. The van der Waals surface area contributed by atoms with Crippen molar-refractivity contribution in [1.29, 1.82) is 21.0 Å². The summed E-state index contributed by atoms with van der Waals surface area (Å²) in [4.78, 5) is 0. The maximum atomic E-state index is 9.50. The highest BCUT2D eigenvalue weighted by atomic mass is 14.5. The van der Waals surface area contributed by atoms with E-state index < -0.39 is 0 Å². The molecule has 2 aromatic rings. The van der Waals surface area contributed by atoms with Crippen LogP contribution < -0.4 is 0 Å². The Balaban J connectivity index is 2.17. The molecule has 0 heterocycles. The van der Waals surface area contributed by atoms with Gasteiger partial charge in [0.1, 0.15) is 35.4 Å². The predicted octanol–water partition coefficient (Wildman–Crippen LogP) is 4.18. The molecular weight excluding hydrogens is 320 g/mol. The highest BCUT2D eigenvalue weighted by Gasteiger charge is 2.48. The van der Waals surface area contributed by atoms with Crippen LogP contribution in [0, 0.1) is 45.3 Å². The molecule has 0 bridgehead atoms.